The fourth-order valence-corrected chi connectivity index (χ4v) is 0.993. The predicted molar refractivity (Wildman–Crippen MR) is 48.9 cm³/mol. The van der Waals surface area contributed by atoms with Gasteiger partial charge in [0.05, 0.1) is 11.1 Å². The molecular weight excluding hydrogens is 176 g/mol. The molecule has 0 aliphatic heterocycles. The summed E-state index contributed by atoms with van der Waals surface area (Å²) in [5.74, 6) is 0. The van der Waals surface area contributed by atoms with E-state index in [0.29, 0.717) is 5.36 Å². The lowest BCUT2D eigenvalue weighted by Gasteiger charge is -2.07. The van der Waals surface area contributed by atoms with Crippen molar-refractivity contribution in [3.8, 4) is 0 Å². The first kappa shape index (κ1) is 11.0. The van der Waals surface area contributed by atoms with Crippen LogP contribution in [-0.4, -0.2) is 9.94 Å². The van der Waals surface area contributed by atoms with Crippen LogP contribution in [0.5, 0.6) is 0 Å². The van der Waals surface area contributed by atoms with Crippen molar-refractivity contribution in [3.63, 3.8) is 0 Å². The molecule has 3 nitrogen and oxygen atoms in total. The maximum Gasteiger partial charge on any atom is 0.0632 e. The highest BCUT2D eigenvalue weighted by Gasteiger charge is 2.01. The van der Waals surface area contributed by atoms with Crippen LogP contribution in [0, 0.1) is 26.2 Å². The largest absolute Gasteiger partial charge is 0.429 e. The molecule has 1 heterocycles. The van der Waals surface area contributed by atoms with Crippen LogP contribution in [0.4, 0.5) is 0 Å². The van der Waals surface area contributed by atoms with Crippen molar-refractivity contribution >= 4 is 12.4 Å². The van der Waals surface area contributed by atoms with Crippen LogP contribution in [-0.2, 0) is 0 Å². The second kappa shape index (κ2) is 3.63. The highest BCUT2D eigenvalue weighted by Crippen LogP contribution is 2.00. The molecule has 0 aliphatic rings. The molecule has 0 bridgehead atoms. The summed E-state index contributed by atoms with van der Waals surface area (Å²) < 4.78 is 1.06. The Labute approximate surface area is 77.5 Å². The van der Waals surface area contributed by atoms with Gasteiger partial charge in [0.1, 0.15) is 0 Å². The van der Waals surface area contributed by atoms with Gasteiger partial charge in [-0.05, 0) is 31.9 Å². The Morgan fingerprint density at radius 2 is 1.83 bits per heavy atom. The topological polar surface area (TPSA) is 49.0 Å². The molecule has 0 saturated carbocycles. The SMILES string of the molecule is Cc1cn(O)c(C)c(C)c1=N.Cl. The van der Waals surface area contributed by atoms with Gasteiger partial charge < -0.3 is 10.6 Å². The fourth-order valence-electron chi connectivity index (χ4n) is 0.993. The van der Waals surface area contributed by atoms with Crippen LogP contribution in [0.25, 0.3) is 0 Å². The smallest absolute Gasteiger partial charge is 0.0632 e. The molecule has 1 aromatic heterocycles. The van der Waals surface area contributed by atoms with Crippen molar-refractivity contribution in [2.75, 3.05) is 0 Å². The summed E-state index contributed by atoms with van der Waals surface area (Å²) in [6, 6.07) is 0. The maximum absolute atomic E-state index is 9.24. The van der Waals surface area contributed by atoms with Crippen molar-refractivity contribution < 1.29 is 5.21 Å². The molecule has 0 unspecified atom stereocenters. The van der Waals surface area contributed by atoms with Gasteiger partial charge in [-0.1, -0.05) is 0 Å². The molecule has 0 aromatic carbocycles. The standard InChI is InChI=1S/C8H12N2O.ClH/c1-5-4-10(11)7(3)6(2)8(5)9;/h4,9,11H,1-3H3;1H. The number of hydrogen-bond acceptors (Lipinski definition) is 2. The molecule has 68 valence electrons. The highest BCUT2D eigenvalue weighted by atomic mass is 35.5. The van der Waals surface area contributed by atoms with E-state index in [1.54, 1.807) is 13.1 Å². The Morgan fingerprint density at radius 3 is 2.33 bits per heavy atom. The van der Waals surface area contributed by atoms with E-state index < -0.39 is 0 Å². The summed E-state index contributed by atoms with van der Waals surface area (Å²) >= 11 is 0. The van der Waals surface area contributed by atoms with Crippen LogP contribution in [0.3, 0.4) is 0 Å². The Kier molecular flexibility index (Phi) is 3.34. The summed E-state index contributed by atoms with van der Waals surface area (Å²) in [4.78, 5) is 0. The van der Waals surface area contributed by atoms with Gasteiger partial charge in [0.15, 0.2) is 0 Å². The summed E-state index contributed by atoms with van der Waals surface area (Å²) in [6.07, 6.45) is 1.55. The molecule has 12 heavy (non-hydrogen) atoms. The zero-order valence-electron chi connectivity index (χ0n) is 7.38. The Bertz CT molecular complexity index is 344. The zero-order chi connectivity index (χ0) is 8.59. The van der Waals surface area contributed by atoms with Gasteiger partial charge in [-0.2, -0.15) is 4.73 Å². The first-order valence-electron chi connectivity index (χ1n) is 3.47. The van der Waals surface area contributed by atoms with Crippen LogP contribution < -0.4 is 5.36 Å². The number of rotatable bonds is 0. The van der Waals surface area contributed by atoms with Crippen LogP contribution in [0.2, 0.25) is 0 Å². The highest BCUT2D eigenvalue weighted by molar-refractivity contribution is 5.85. The Balaban J connectivity index is 0.00000121. The summed E-state index contributed by atoms with van der Waals surface area (Å²) in [5, 5.41) is 17.3. The number of nitrogens with one attached hydrogen (secondary N) is 1. The molecular formula is C8H13ClN2O. The molecule has 1 rings (SSSR count). The number of pyridine rings is 1. The molecule has 0 atom stereocenters. The fraction of sp³-hybridized carbons (Fsp3) is 0.375. The van der Waals surface area contributed by atoms with Crippen molar-refractivity contribution in [1.82, 2.24) is 4.73 Å². The minimum Gasteiger partial charge on any atom is -0.429 e. The molecule has 0 aliphatic carbocycles. The average molecular weight is 189 g/mol. The Morgan fingerprint density at radius 1 is 1.33 bits per heavy atom. The lowest BCUT2D eigenvalue weighted by atomic mass is 10.1. The van der Waals surface area contributed by atoms with E-state index >= 15 is 0 Å². The van der Waals surface area contributed by atoms with E-state index in [1.165, 1.54) is 0 Å². The van der Waals surface area contributed by atoms with Gasteiger partial charge in [-0.25, -0.2) is 0 Å². The van der Waals surface area contributed by atoms with E-state index in [0.717, 1.165) is 21.6 Å². The zero-order valence-corrected chi connectivity index (χ0v) is 8.20. The molecule has 1 aromatic rings. The predicted octanol–water partition coefficient (Wildman–Crippen LogP) is 1.55. The van der Waals surface area contributed by atoms with Crippen molar-refractivity contribution in [2.45, 2.75) is 20.8 Å². The van der Waals surface area contributed by atoms with Gasteiger partial charge in [0, 0.05) is 6.20 Å². The first-order valence-corrected chi connectivity index (χ1v) is 3.47. The van der Waals surface area contributed by atoms with Gasteiger partial charge in [0.2, 0.25) is 0 Å². The monoisotopic (exact) mass is 188 g/mol. The minimum atomic E-state index is 0. The first-order chi connectivity index (χ1) is 5.04. The number of hydrogen-bond donors (Lipinski definition) is 2. The van der Waals surface area contributed by atoms with Crippen molar-refractivity contribution in [1.29, 1.82) is 5.41 Å². The number of aryl methyl sites for hydroxylation is 1. The molecule has 4 heteroatoms. The third kappa shape index (κ3) is 1.61. The molecule has 2 N–H and O–H groups in total. The molecule has 0 saturated heterocycles. The van der Waals surface area contributed by atoms with Crippen LogP contribution in [0.15, 0.2) is 6.20 Å². The summed E-state index contributed by atoms with van der Waals surface area (Å²) in [6.45, 7) is 5.42. The molecule has 0 spiro atoms. The van der Waals surface area contributed by atoms with Gasteiger partial charge in [-0.15, -0.1) is 12.4 Å². The number of aromatic nitrogens is 1. The maximum atomic E-state index is 9.24. The van der Waals surface area contributed by atoms with Crippen LogP contribution >= 0.6 is 12.4 Å². The number of halogens is 1. The average Bonchev–Trinajstić information content (AvgIpc) is 1.97. The Hall–Kier alpha value is -0.960. The minimum absolute atomic E-state index is 0. The molecule has 0 fully saturated rings. The molecule has 0 radical (unpaired) electrons. The number of nitrogens with zero attached hydrogens (tertiary/aromatic N) is 1. The van der Waals surface area contributed by atoms with E-state index in [4.69, 9.17) is 5.41 Å². The van der Waals surface area contributed by atoms with E-state index in [2.05, 4.69) is 0 Å². The second-order valence-electron chi connectivity index (χ2n) is 2.74. The lowest BCUT2D eigenvalue weighted by Crippen LogP contribution is -2.16. The second-order valence-corrected chi connectivity index (χ2v) is 2.74. The van der Waals surface area contributed by atoms with E-state index in [9.17, 15) is 5.21 Å². The van der Waals surface area contributed by atoms with Gasteiger partial charge in [0.25, 0.3) is 0 Å². The van der Waals surface area contributed by atoms with E-state index in [-0.39, 0.29) is 12.4 Å². The summed E-state index contributed by atoms with van der Waals surface area (Å²) in [5.41, 5.74) is 2.34. The van der Waals surface area contributed by atoms with E-state index in [1.807, 2.05) is 13.8 Å². The third-order valence-electron chi connectivity index (χ3n) is 1.97. The van der Waals surface area contributed by atoms with Gasteiger partial charge in [-0.3, -0.25) is 0 Å². The van der Waals surface area contributed by atoms with Crippen molar-refractivity contribution in [2.24, 2.45) is 0 Å². The van der Waals surface area contributed by atoms with Crippen LogP contribution in [0.1, 0.15) is 16.8 Å². The summed E-state index contributed by atoms with van der Waals surface area (Å²) in [7, 11) is 0. The van der Waals surface area contributed by atoms with Gasteiger partial charge >= 0.3 is 0 Å². The van der Waals surface area contributed by atoms with Crippen molar-refractivity contribution in [3.05, 3.63) is 28.4 Å². The third-order valence-corrected chi connectivity index (χ3v) is 1.97. The quantitative estimate of drug-likeness (QED) is 0.597. The normalized spacial score (nSPS) is 9.25. The molecule has 0 amide bonds. The lowest BCUT2D eigenvalue weighted by molar-refractivity contribution is 0.176.